The van der Waals surface area contributed by atoms with Crippen molar-refractivity contribution < 1.29 is 4.74 Å². The Hall–Kier alpha value is -0.380. The van der Waals surface area contributed by atoms with Gasteiger partial charge in [0.2, 0.25) is 0 Å². The lowest BCUT2D eigenvalue weighted by Gasteiger charge is -2.25. The van der Waals surface area contributed by atoms with Gasteiger partial charge in [0, 0.05) is 22.9 Å². The fourth-order valence-corrected chi connectivity index (χ4v) is 3.49. The summed E-state index contributed by atoms with van der Waals surface area (Å²) in [6.45, 7) is 4.34. The molecule has 0 bridgehead atoms. The second-order valence-electron chi connectivity index (χ2n) is 4.46. The molecule has 0 radical (unpaired) electrons. The number of thiophene rings is 1. The van der Waals surface area contributed by atoms with Crippen LogP contribution in [0.4, 0.5) is 0 Å². The van der Waals surface area contributed by atoms with Crippen molar-refractivity contribution in [2.75, 3.05) is 7.11 Å². The first-order valence-electron chi connectivity index (χ1n) is 5.55. The van der Waals surface area contributed by atoms with Crippen molar-refractivity contribution >= 4 is 11.3 Å². The molecule has 1 heterocycles. The van der Waals surface area contributed by atoms with Crippen molar-refractivity contribution in [1.29, 1.82) is 0 Å². The predicted molar refractivity (Wildman–Crippen MR) is 64.3 cm³/mol. The average Bonchev–Trinajstić information content (AvgIpc) is 2.64. The summed E-state index contributed by atoms with van der Waals surface area (Å²) in [7, 11) is 1.80. The van der Waals surface area contributed by atoms with Gasteiger partial charge in [-0.1, -0.05) is 6.92 Å². The molecular weight excluding hydrogens is 206 g/mol. The maximum atomic E-state index is 5.93. The van der Waals surface area contributed by atoms with Crippen LogP contribution in [-0.4, -0.2) is 7.11 Å². The molecule has 3 heteroatoms. The smallest absolute Gasteiger partial charge is 0.0832 e. The van der Waals surface area contributed by atoms with Gasteiger partial charge < -0.3 is 10.5 Å². The van der Waals surface area contributed by atoms with Crippen LogP contribution in [0.1, 0.15) is 60.1 Å². The second-order valence-corrected chi connectivity index (χ2v) is 5.58. The number of fused-ring (bicyclic) bond motifs is 1. The Labute approximate surface area is 95.4 Å². The molecule has 2 rings (SSSR count). The third kappa shape index (κ3) is 1.96. The Morgan fingerprint density at radius 3 is 2.87 bits per heavy atom. The molecule has 3 unspecified atom stereocenters. The molecule has 2 N–H and O–H groups in total. The summed E-state index contributed by atoms with van der Waals surface area (Å²) < 4.78 is 5.52. The van der Waals surface area contributed by atoms with Crippen molar-refractivity contribution in [2.24, 2.45) is 5.73 Å². The number of nitrogens with two attached hydrogens (primary N) is 1. The Balaban J connectivity index is 2.39. The molecule has 0 saturated carbocycles. The van der Waals surface area contributed by atoms with E-state index in [0.29, 0.717) is 12.0 Å². The van der Waals surface area contributed by atoms with Gasteiger partial charge in [-0.3, -0.25) is 0 Å². The van der Waals surface area contributed by atoms with Gasteiger partial charge >= 0.3 is 0 Å². The van der Waals surface area contributed by atoms with Crippen molar-refractivity contribution in [1.82, 2.24) is 0 Å². The van der Waals surface area contributed by atoms with Gasteiger partial charge in [-0.15, -0.1) is 11.3 Å². The summed E-state index contributed by atoms with van der Waals surface area (Å²) in [6, 6.07) is 2.39. The second kappa shape index (κ2) is 4.24. The lowest BCUT2D eigenvalue weighted by Crippen LogP contribution is -2.11. The molecular formula is C12H19NOS. The van der Waals surface area contributed by atoms with Crippen LogP contribution in [0.2, 0.25) is 0 Å². The molecule has 1 aromatic heterocycles. The maximum absolute atomic E-state index is 5.93. The van der Waals surface area contributed by atoms with Gasteiger partial charge in [0.15, 0.2) is 0 Å². The standard InChI is InChI=1S/C12H19NOS/c1-7-4-5-10(14-3)9-6-11(8(2)13)15-12(7)9/h6-8,10H,4-5,13H2,1-3H3. The molecule has 1 aliphatic rings. The third-order valence-electron chi connectivity index (χ3n) is 3.20. The van der Waals surface area contributed by atoms with Crippen LogP contribution in [0.15, 0.2) is 6.07 Å². The first-order chi connectivity index (χ1) is 7.13. The highest BCUT2D eigenvalue weighted by Crippen LogP contribution is 2.44. The minimum atomic E-state index is 0.144. The van der Waals surface area contributed by atoms with Crippen LogP contribution in [0.5, 0.6) is 0 Å². The fourth-order valence-electron chi connectivity index (χ4n) is 2.23. The molecule has 1 aliphatic carbocycles. The largest absolute Gasteiger partial charge is 0.377 e. The first-order valence-corrected chi connectivity index (χ1v) is 6.37. The van der Waals surface area contributed by atoms with Crippen LogP contribution < -0.4 is 5.73 Å². The summed E-state index contributed by atoms with van der Waals surface area (Å²) in [4.78, 5) is 2.77. The van der Waals surface area contributed by atoms with E-state index in [1.165, 1.54) is 21.7 Å². The molecule has 0 amide bonds. The van der Waals surface area contributed by atoms with Gasteiger partial charge in [0.25, 0.3) is 0 Å². The Morgan fingerprint density at radius 1 is 1.53 bits per heavy atom. The molecule has 0 saturated heterocycles. The lowest BCUT2D eigenvalue weighted by molar-refractivity contribution is 0.0859. The van der Waals surface area contributed by atoms with Crippen molar-refractivity contribution in [3.05, 3.63) is 21.4 Å². The molecule has 84 valence electrons. The molecule has 2 nitrogen and oxygen atoms in total. The highest BCUT2D eigenvalue weighted by atomic mass is 32.1. The van der Waals surface area contributed by atoms with Gasteiger partial charge in [-0.05, 0) is 37.3 Å². The summed E-state index contributed by atoms with van der Waals surface area (Å²) in [5.41, 5.74) is 7.31. The topological polar surface area (TPSA) is 35.2 Å². The minimum Gasteiger partial charge on any atom is -0.377 e. The van der Waals surface area contributed by atoms with Crippen LogP contribution in [0, 0.1) is 0 Å². The number of hydrogen-bond donors (Lipinski definition) is 1. The summed E-state index contributed by atoms with van der Waals surface area (Å²) in [6.07, 6.45) is 2.66. The molecule has 3 atom stereocenters. The van der Waals surface area contributed by atoms with E-state index in [2.05, 4.69) is 13.0 Å². The summed E-state index contributed by atoms with van der Waals surface area (Å²) in [5, 5.41) is 0. The zero-order chi connectivity index (χ0) is 11.0. The zero-order valence-electron chi connectivity index (χ0n) is 9.62. The molecule has 0 spiro atoms. The molecule has 0 fully saturated rings. The van der Waals surface area contributed by atoms with Gasteiger partial charge in [0.1, 0.15) is 0 Å². The Bertz CT molecular complexity index is 345. The van der Waals surface area contributed by atoms with E-state index in [4.69, 9.17) is 10.5 Å². The van der Waals surface area contributed by atoms with E-state index in [-0.39, 0.29) is 6.04 Å². The predicted octanol–water partition coefficient (Wildman–Crippen LogP) is 3.35. The quantitative estimate of drug-likeness (QED) is 0.837. The van der Waals surface area contributed by atoms with Crippen LogP contribution >= 0.6 is 11.3 Å². The van der Waals surface area contributed by atoms with E-state index in [1.54, 1.807) is 7.11 Å². The number of methoxy groups -OCH3 is 1. The lowest BCUT2D eigenvalue weighted by atomic mass is 9.88. The summed E-state index contributed by atoms with van der Waals surface area (Å²) in [5.74, 6) is 0.670. The van der Waals surface area contributed by atoms with E-state index in [9.17, 15) is 0 Å². The van der Waals surface area contributed by atoms with Gasteiger partial charge in [0.05, 0.1) is 6.10 Å². The maximum Gasteiger partial charge on any atom is 0.0832 e. The fraction of sp³-hybridized carbons (Fsp3) is 0.667. The minimum absolute atomic E-state index is 0.144. The number of ether oxygens (including phenoxy) is 1. The molecule has 0 aromatic carbocycles. The van der Waals surface area contributed by atoms with Crippen molar-refractivity contribution in [3.8, 4) is 0 Å². The van der Waals surface area contributed by atoms with Crippen molar-refractivity contribution in [3.63, 3.8) is 0 Å². The Morgan fingerprint density at radius 2 is 2.27 bits per heavy atom. The SMILES string of the molecule is COC1CCC(C)c2sc(C(C)N)cc21. The molecule has 15 heavy (non-hydrogen) atoms. The van der Waals surface area contributed by atoms with Crippen LogP contribution in [-0.2, 0) is 4.74 Å². The van der Waals surface area contributed by atoms with Crippen molar-refractivity contribution in [2.45, 2.75) is 44.8 Å². The monoisotopic (exact) mass is 225 g/mol. The van der Waals surface area contributed by atoms with Gasteiger partial charge in [-0.2, -0.15) is 0 Å². The molecule has 1 aromatic rings. The highest BCUT2D eigenvalue weighted by Gasteiger charge is 2.27. The van der Waals surface area contributed by atoms with E-state index < -0.39 is 0 Å². The average molecular weight is 225 g/mol. The van der Waals surface area contributed by atoms with Crippen LogP contribution in [0.3, 0.4) is 0 Å². The molecule has 0 aliphatic heterocycles. The number of rotatable bonds is 2. The first kappa shape index (κ1) is 11.1. The summed E-state index contributed by atoms with van der Waals surface area (Å²) >= 11 is 1.87. The Kier molecular flexibility index (Phi) is 3.14. The van der Waals surface area contributed by atoms with E-state index >= 15 is 0 Å². The zero-order valence-corrected chi connectivity index (χ0v) is 10.4. The van der Waals surface area contributed by atoms with E-state index in [1.807, 2.05) is 18.3 Å². The number of hydrogen-bond acceptors (Lipinski definition) is 3. The highest BCUT2D eigenvalue weighted by molar-refractivity contribution is 7.12. The van der Waals surface area contributed by atoms with Gasteiger partial charge in [-0.25, -0.2) is 0 Å². The van der Waals surface area contributed by atoms with Crippen LogP contribution in [0.25, 0.3) is 0 Å². The third-order valence-corrected chi connectivity index (χ3v) is 4.78. The normalized spacial score (nSPS) is 27.5. The van der Waals surface area contributed by atoms with E-state index in [0.717, 1.165) is 6.42 Å².